The van der Waals surface area contributed by atoms with Crippen LogP contribution >= 0.6 is 30.4 Å². The summed E-state index contributed by atoms with van der Waals surface area (Å²) < 4.78 is 43.8. The van der Waals surface area contributed by atoms with Gasteiger partial charge in [0.25, 0.3) is 0 Å². The van der Waals surface area contributed by atoms with Gasteiger partial charge in [-0.05, 0) is 23.3 Å². The van der Waals surface area contributed by atoms with Gasteiger partial charge in [-0.2, -0.15) is 0 Å². The monoisotopic (exact) mass is 628 g/mol. The number of hydrogen-bond acceptors (Lipinski definition) is 10. The van der Waals surface area contributed by atoms with Crippen molar-refractivity contribution in [2.75, 3.05) is 0 Å². The zero-order chi connectivity index (χ0) is 26.6. The molecule has 0 fully saturated rings. The largest absolute Gasteiger partial charge is 1.00 e. The molecule has 2 rings (SSSR count). The molecule has 4 atom stereocenters. The number of hydrogen-bond donors (Lipinski definition) is 8. The fraction of sp³-hybridized carbons (Fsp3) is 0.286. The molecule has 0 amide bonds. The van der Waals surface area contributed by atoms with Gasteiger partial charge in [-0.15, -0.1) is 0 Å². The van der Waals surface area contributed by atoms with E-state index in [4.69, 9.17) is 29.4 Å². The molecule has 0 aromatic carbocycles. The van der Waals surface area contributed by atoms with Gasteiger partial charge in [0.1, 0.15) is 0 Å². The van der Waals surface area contributed by atoms with E-state index in [-0.39, 0.29) is 75.7 Å². The summed E-state index contributed by atoms with van der Waals surface area (Å²) in [5, 5.41) is 12.0. The van der Waals surface area contributed by atoms with Gasteiger partial charge in [-0.3, -0.25) is 19.1 Å². The van der Waals surface area contributed by atoms with Gasteiger partial charge in [-0.1, -0.05) is 12.1 Å². The molecule has 0 aliphatic heterocycles. The van der Waals surface area contributed by atoms with E-state index < -0.39 is 53.4 Å². The molecule has 2 aromatic rings. The first kappa shape index (κ1) is 42.2. The summed E-state index contributed by atoms with van der Waals surface area (Å²) in [5.41, 5.74) is 0.118. The molecule has 4 unspecified atom stereocenters. The molecule has 17 nitrogen and oxygen atoms in total. The van der Waals surface area contributed by atoms with E-state index in [0.29, 0.717) is 0 Å². The first-order chi connectivity index (χ1) is 15.2. The molecular weight excluding hydrogens is 606 g/mol. The number of aromatic nitrogens is 2. The number of rotatable bonds is 8. The van der Waals surface area contributed by atoms with Crippen LogP contribution in [0, 0.1) is 0 Å². The van der Waals surface area contributed by atoms with Gasteiger partial charge in [0.2, 0.25) is 10.2 Å². The topological polar surface area (TPSA) is 334 Å². The SMILES string of the molecule is O.O=P([O-])(O)C(O)(Cc1cccnc1)P(=O)(O)O.O=P([O-])(O)C(O)(Cc1cccnc1)P(=O)(O)O.[Na+].[Na+]. The molecule has 37 heavy (non-hydrogen) atoms. The maximum Gasteiger partial charge on any atom is 1.00 e. The molecule has 23 heteroatoms. The van der Waals surface area contributed by atoms with Crippen LogP contribution in [0.1, 0.15) is 11.1 Å². The van der Waals surface area contributed by atoms with Crippen molar-refractivity contribution < 1.29 is 132 Å². The Balaban J connectivity index is -0.000000578. The molecule has 0 aliphatic rings. The van der Waals surface area contributed by atoms with E-state index >= 15 is 0 Å². The molecular formula is C14H22N2Na2O15P4. The smallest absolute Gasteiger partial charge is 0.776 e. The Morgan fingerprint density at radius 2 is 0.946 bits per heavy atom. The average molecular weight is 628 g/mol. The zero-order valence-corrected chi connectivity index (χ0v) is 26.8. The van der Waals surface area contributed by atoms with Crippen molar-refractivity contribution in [3.63, 3.8) is 0 Å². The van der Waals surface area contributed by atoms with Crippen LogP contribution in [0.5, 0.6) is 0 Å². The fourth-order valence-corrected chi connectivity index (χ4v) is 6.46. The summed E-state index contributed by atoms with van der Waals surface area (Å²) in [7, 11) is -22.3. The first-order valence-electron chi connectivity index (χ1n) is 8.57. The molecule has 2 aromatic heterocycles. The summed E-state index contributed by atoms with van der Waals surface area (Å²) in [6.45, 7) is 0. The quantitative estimate of drug-likeness (QED) is 0.0993. The minimum absolute atomic E-state index is 0. The molecule has 0 aliphatic carbocycles. The van der Waals surface area contributed by atoms with Crippen molar-refractivity contribution in [3.05, 3.63) is 60.2 Å². The summed E-state index contributed by atoms with van der Waals surface area (Å²) >= 11 is 0. The van der Waals surface area contributed by atoms with Crippen LogP contribution in [0.3, 0.4) is 0 Å². The van der Waals surface area contributed by atoms with E-state index in [1.54, 1.807) is 0 Å². The van der Waals surface area contributed by atoms with Crippen molar-refractivity contribution in [2.45, 2.75) is 23.0 Å². The van der Waals surface area contributed by atoms with Crippen molar-refractivity contribution in [3.8, 4) is 0 Å². The van der Waals surface area contributed by atoms with Crippen LogP contribution in [0.25, 0.3) is 0 Å². The molecule has 2 heterocycles. The van der Waals surface area contributed by atoms with Gasteiger partial charge >= 0.3 is 74.3 Å². The second kappa shape index (κ2) is 15.7. The van der Waals surface area contributed by atoms with Crippen LogP contribution in [0.4, 0.5) is 0 Å². The maximum absolute atomic E-state index is 11.0. The second-order valence-corrected chi connectivity index (χ2v) is 14.7. The van der Waals surface area contributed by atoms with Crippen LogP contribution in [-0.4, -0.2) is 65.2 Å². The van der Waals surface area contributed by atoms with Crippen molar-refractivity contribution in [1.29, 1.82) is 0 Å². The van der Waals surface area contributed by atoms with Gasteiger partial charge in [0, 0.05) is 37.6 Å². The molecule has 0 saturated heterocycles. The number of nitrogens with zero attached hydrogens (tertiary/aromatic N) is 2. The number of aliphatic hydroxyl groups is 2. The van der Waals surface area contributed by atoms with E-state index in [0.717, 1.165) is 12.4 Å². The Bertz CT molecular complexity index is 1020. The average Bonchev–Trinajstić information content (AvgIpc) is 2.66. The zero-order valence-electron chi connectivity index (χ0n) is 19.2. The van der Waals surface area contributed by atoms with Gasteiger partial charge in [-0.25, -0.2) is 0 Å². The standard InChI is InChI=1S/2C7H11NO7P2.2Na.H2O/c2*9-7(16(10,11)12,17(13,14)15)4-6-2-1-3-8-5-6;;;/h2*1-3,5,9H,4H2,(H2,10,11,12)(H2,13,14,15);;;1H2/q;;2*+1;/p-2. The molecule has 0 saturated carbocycles. The number of pyridine rings is 2. The van der Waals surface area contributed by atoms with E-state index in [2.05, 4.69) is 9.97 Å². The van der Waals surface area contributed by atoms with Crippen molar-refractivity contribution >= 4 is 30.4 Å². The molecule has 0 spiro atoms. The predicted molar refractivity (Wildman–Crippen MR) is 113 cm³/mol. The van der Waals surface area contributed by atoms with Crippen LogP contribution in [0.15, 0.2) is 49.1 Å². The van der Waals surface area contributed by atoms with Gasteiger partial charge in [0.15, 0.2) is 15.2 Å². The Labute approximate surface area is 253 Å². The molecule has 0 bridgehead atoms. The Kier molecular flexibility index (Phi) is 17.9. The Hall–Kier alpha value is 0.780. The van der Waals surface area contributed by atoms with E-state index in [1.807, 2.05) is 0 Å². The van der Waals surface area contributed by atoms with E-state index in [1.165, 1.54) is 36.7 Å². The first-order valence-corrected chi connectivity index (χ1v) is 15.0. The Morgan fingerprint density at radius 1 is 0.676 bits per heavy atom. The molecule has 0 radical (unpaired) electrons. The van der Waals surface area contributed by atoms with Crippen LogP contribution in [-0.2, 0) is 31.1 Å². The third-order valence-electron chi connectivity index (χ3n) is 4.17. The minimum Gasteiger partial charge on any atom is -0.776 e. The Morgan fingerprint density at radius 3 is 1.11 bits per heavy atom. The van der Waals surface area contributed by atoms with Crippen molar-refractivity contribution in [2.24, 2.45) is 0 Å². The third-order valence-corrected chi connectivity index (χ3v) is 11.6. The van der Waals surface area contributed by atoms with Crippen LogP contribution < -0.4 is 68.9 Å². The minimum atomic E-state index is -5.66. The molecule has 200 valence electrons. The van der Waals surface area contributed by atoms with Crippen LogP contribution in [0.2, 0.25) is 0 Å². The van der Waals surface area contributed by atoms with Gasteiger partial charge in [0.05, 0.1) is 0 Å². The summed E-state index contributed by atoms with van der Waals surface area (Å²) in [6.07, 6.45) is 3.04. The summed E-state index contributed by atoms with van der Waals surface area (Å²) in [4.78, 5) is 82.0. The summed E-state index contributed by atoms with van der Waals surface area (Å²) in [5.74, 6) is 0. The fourth-order valence-electron chi connectivity index (χ4n) is 2.29. The normalized spacial score (nSPS) is 17.8. The molecule has 10 N–H and O–H groups in total. The van der Waals surface area contributed by atoms with Crippen molar-refractivity contribution in [1.82, 2.24) is 9.97 Å². The maximum atomic E-state index is 11.0. The third kappa shape index (κ3) is 11.3. The van der Waals surface area contributed by atoms with E-state index in [9.17, 15) is 38.3 Å². The van der Waals surface area contributed by atoms with Gasteiger partial charge < -0.3 is 64.0 Å². The second-order valence-electron chi connectivity index (χ2n) is 6.75. The summed E-state index contributed by atoms with van der Waals surface area (Å²) in [6, 6.07) is 5.40. The predicted octanol–water partition coefficient (Wildman–Crippen LogP) is -8.83.